The van der Waals surface area contributed by atoms with Gasteiger partial charge in [0.25, 0.3) is 5.91 Å². The highest BCUT2D eigenvalue weighted by Crippen LogP contribution is 2.35. The van der Waals surface area contributed by atoms with Crippen molar-refractivity contribution in [3.63, 3.8) is 0 Å². The summed E-state index contributed by atoms with van der Waals surface area (Å²) in [6.07, 6.45) is 1.11. The van der Waals surface area contributed by atoms with Crippen molar-refractivity contribution in [1.82, 2.24) is 20.4 Å². The fourth-order valence-electron chi connectivity index (χ4n) is 5.01. The van der Waals surface area contributed by atoms with Crippen LogP contribution in [0.25, 0.3) is 0 Å². The minimum absolute atomic E-state index is 0.0290. The SMILES string of the molecule is O=C1CCC(N2Cc3ccc(CN4CC(O)CC45CNC5)cc3C2=O)C(=O)N1. The summed E-state index contributed by atoms with van der Waals surface area (Å²) in [5.41, 5.74) is 2.63. The molecule has 2 unspecified atom stereocenters. The zero-order valence-corrected chi connectivity index (χ0v) is 15.6. The summed E-state index contributed by atoms with van der Waals surface area (Å²) >= 11 is 0. The average Bonchev–Trinajstić information content (AvgIpc) is 3.12. The van der Waals surface area contributed by atoms with Gasteiger partial charge >= 0.3 is 0 Å². The lowest BCUT2D eigenvalue weighted by Crippen LogP contribution is -2.65. The zero-order valence-electron chi connectivity index (χ0n) is 15.6. The van der Waals surface area contributed by atoms with Crippen LogP contribution in [0.5, 0.6) is 0 Å². The molecule has 4 aliphatic rings. The van der Waals surface area contributed by atoms with E-state index >= 15 is 0 Å². The Balaban J connectivity index is 1.34. The van der Waals surface area contributed by atoms with Crippen LogP contribution in [0.15, 0.2) is 18.2 Å². The first-order chi connectivity index (χ1) is 13.4. The van der Waals surface area contributed by atoms with E-state index < -0.39 is 6.04 Å². The quantitative estimate of drug-likeness (QED) is 0.599. The summed E-state index contributed by atoms with van der Waals surface area (Å²) in [6.45, 7) is 3.51. The molecule has 3 fully saturated rings. The minimum Gasteiger partial charge on any atom is -0.392 e. The highest BCUT2D eigenvalue weighted by Gasteiger charge is 2.49. The van der Waals surface area contributed by atoms with Crippen molar-refractivity contribution in [3.8, 4) is 0 Å². The van der Waals surface area contributed by atoms with E-state index in [1.54, 1.807) is 4.90 Å². The number of fused-ring (bicyclic) bond motifs is 1. The Morgan fingerprint density at radius 2 is 2.04 bits per heavy atom. The number of imide groups is 1. The van der Waals surface area contributed by atoms with Crippen molar-refractivity contribution in [2.75, 3.05) is 19.6 Å². The first-order valence-corrected chi connectivity index (χ1v) is 9.85. The molecule has 4 heterocycles. The number of rotatable bonds is 3. The van der Waals surface area contributed by atoms with Gasteiger partial charge < -0.3 is 15.3 Å². The number of nitrogens with zero attached hydrogens (tertiary/aromatic N) is 2. The standard InChI is InChI=1S/C20H24N4O4/c25-14-6-20(10-21-11-20)23(9-14)7-12-1-2-13-8-24(19(28)15(13)5-12)16-3-4-17(26)22-18(16)27/h1-2,5,14,16,21,25H,3-4,6-11H2,(H,22,26,27). The molecule has 1 aromatic rings. The van der Waals surface area contributed by atoms with Crippen LogP contribution < -0.4 is 10.6 Å². The fraction of sp³-hybridized carbons (Fsp3) is 0.550. The topological polar surface area (TPSA) is 102 Å². The Kier molecular flexibility index (Phi) is 4.04. The maximum Gasteiger partial charge on any atom is 0.255 e. The number of carbonyl (C=O) groups is 3. The Morgan fingerprint density at radius 3 is 2.75 bits per heavy atom. The van der Waals surface area contributed by atoms with Crippen LogP contribution in [0.3, 0.4) is 0 Å². The first-order valence-electron chi connectivity index (χ1n) is 9.85. The van der Waals surface area contributed by atoms with Gasteiger partial charge in [-0.2, -0.15) is 0 Å². The number of hydrogen-bond donors (Lipinski definition) is 3. The number of benzene rings is 1. The Hall–Kier alpha value is -2.29. The number of aliphatic hydroxyl groups excluding tert-OH is 1. The summed E-state index contributed by atoms with van der Waals surface area (Å²) in [5, 5.41) is 15.7. The van der Waals surface area contributed by atoms with E-state index in [1.165, 1.54) is 0 Å². The molecule has 0 radical (unpaired) electrons. The van der Waals surface area contributed by atoms with Crippen LogP contribution in [0.2, 0.25) is 0 Å². The van der Waals surface area contributed by atoms with Gasteiger partial charge in [0.05, 0.1) is 6.10 Å². The predicted octanol–water partition coefficient (Wildman–Crippen LogP) is -0.644. The van der Waals surface area contributed by atoms with Gasteiger partial charge in [0.2, 0.25) is 11.8 Å². The smallest absolute Gasteiger partial charge is 0.255 e. The second-order valence-corrected chi connectivity index (χ2v) is 8.46. The molecule has 1 aromatic carbocycles. The molecule has 3 saturated heterocycles. The van der Waals surface area contributed by atoms with Crippen molar-refractivity contribution >= 4 is 17.7 Å². The molecule has 1 spiro atoms. The second kappa shape index (κ2) is 6.37. The monoisotopic (exact) mass is 384 g/mol. The minimum atomic E-state index is -0.584. The summed E-state index contributed by atoms with van der Waals surface area (Å²) < 4.78 is 0. The molecule has 4 aliphatic heterocycles. The van der Waals surface area contributed by atoms with E-state index in [0.29, 0.717) is 31.6 Å². The number of β-amino-alcohol motifs (C(OH)–C–C–N with tert-alkyl or cyclic N) is 1. The van der Waals surface area contributed by atoms with Crippen molar-refractivity contribution < 1.29 is 19.5 Å². The van der Waals surface area contributed by atoms with Crippen molar-refractivity contribution in [2.45, 2.75) is 50.0 Å². The summed E-state index contributed by atoms with van der Waals surface area (Å²) in [7, 11) is 0. The molecule has 0 bridgehead atoms. The Labute approximate surface area is 162 Å². The van der Waals surface area contributed by atoms with Crippen molar-refractivity contribution in [2.24, 2.45) is 0 Å². The van der Waals surface area contributed by atoms with Crippen LogP contribution in [-0.2, 0) is 22.7 Å². The number of amides is 3. The van der Waals surface area contributed by atoms with Gasteiger partial charge in [-0.3, -0.25) is 24.6 Å². The van der Waals surface area contributed by atoms with Gasteiger partial charge in [-0.15, -0.1) is 0 Å². The summed E-state index contributed by atoms with van der Waals surface area (Å²) in [5.74, 6) is -0.809. The molecule has 148 valence electrons. The second-order valence-electron chi connectivity index (χ2n) is 8.46. The molecule has 5 rings (SSSR count). The van der Waals surface area contributed by atoms with Gasteiger partial charge in [-0.25, -0.2) is 0 Å². The van der Waals surface area contributed by atoms with Crippen molar-refractivity contribution in [3.05, 3.63) is 34.9 Å². The van der Waals surface area contributed by atoms with E-state index in [2.05, 4.69) is 15.5 Å². The molecule has 3 N–H and O–H groups in total. The van der Waals surface area contributed by atoms with Crippen LogP contribution >= 0.6 is 0 Å². The molecule has 8 nitrogen and oxygen atoms in total. The van der Waals surface area contributed by atoms with Gasteiger partial charge in [-0.05, 0) is 30.0 Å². The van der Waals surface area contributed by atoms with Crippen LogP contribution in [0, 0.1) is 0 Å². The molecule has 28 heavy (non-hydrogen) atoms. The maximum atomic E-state index is 13.0. The van der Waals surface area contributed by atoms with Crippen LogP contribution in [0.4, 0.5) is 0 Å². The number of aliphatic hydroxyl groups is 1. The van der Waals surface area contributed by atoms with Gasteiger partial charge in [0.15, 0.2) is 0 Å². The van der Waals surface area contributed by atoms with E-state index in [9.17, 15) is 19.5 Å². The van der Waals surface area contributed by atoms with Gasteiger partial charge in [0, 0.05) is 50.2 Å². The van der Waals surface area contributed by atoms with Gasteiger partial charge in [-0.1, -0.05) is 12.1 Å². The van der Waals surface area contributed by atoms with E-state index in [4.69, 9.17) is 0 Å². The summed E-state index contributed by atoms with van der Waals surface area (Å²) in [4.78, 5) is 40.4. The fourth-order valence-corrected chi connectivity index (χ4v) is 5.01. The molecule has 0 aromatic heterocycles. The largest absolute Gasteiger partial charge is 0.392 e. The number of likely N-dealkylation sites (tertiary alicyclic amines) is 1. The first kappa shape index (κ1) is 17.8. The molecule has 3 amide bonds. The van der Waals surface area contributed by atoms with Crippen molar-refractivity contribution in [1.29, 1.82) is 0 Å². The highest BCUT2D eigenvalue weighted by atomic mass is 16.3. The third-order valence-electron chi connectivity index (χ3n) is 6.59. The third kappa shape index (κ3) is 2.75. The molecule has 2 atom stereocenters. The lowest BCUT2D eigenvalue weighted by Gasteiger charge is -2.46. The van der Waals surface area contributed by atoms with E-state index in [1.807, 2.05) is 18.2 Å². The van der Waals surface area contributed by atoms with Gasteiger partial charge in [0.1, 0.15) is 6.04 Å². The van der Waals surface area contributed by atoms with E-state index in [-0.39, 0.29) is 35.8 Å². The average molecular weight is 384 g/mol. The lowest BCUT2D eigenvalue weighted by molar-refractivity contribution is -0.136. The zero-order chi connectivity index (χ0) is 19.5. The summed E-state index contributed by atoms with van der Waals surface area (Å²) in [6, 6.07) is 5.34. The Bertz CT molecular complexity index is 866. The molecule has 0 saturated carbocycles. The molecule has 0 aliphatic carbocycles. The normalized spacial score (nSPS) is 29.2. The van der Waals surface area contributed by atoms with E-state index in [0.717, 1.165) is 30.6 Å². The highest BCUT2D eigenvalue weighted by molar-refractivity contribution is 6.05. The predicted molar refractivity (Wildman–Crippen MR) is 99.1 cm³/mol. The number of nitrogens with one attached hydrogen (secondary N) is 2. The number of piperidine rings is 1. The number of hydrogen-bond acceptors (Lipinski definition) is 6. The third-order valence-corrected chi connectivity index (χ3v) is 6.59. The lowest BCUT2D eigenvalue weighted by atomic mass is 9.88. The maximum absolute atomic E-state index is 13.0. The van der Waals surface area contributed by atoms with Crippen LogP contribution in [-0.4, -0.2) is 69.9 Å². The molecular weight excluding hydrogens is 360 g/mol. The Morgan fingerprint density at radius 1 is 1.21 bits per heavy atom. The molecule has 8 heteroatoms. The number of carbonyl (C=O) groups excluding carboxylic acids is 3. The van der Waals surface area contributed by atoms with Crippen LogP contribution in [0.1, 0.15) is 40.7 Å². The molecular formula is C20H24N4O4.